The van der Waals surface area contributed by atoms with E-state index in [1.807, 2.05) is 0 Å². The summed E-state index contributed by atoms with van der Waals surface area (Å²) < 4.78 is 5.53. The number of fused-ring (bicyclic) bond motifs is 5. The summed E-state index contributed by atoms with van der Waals surface area (Å²) in [6, 6.07) is 0. The van der Waals surface area contributed by atoms with Gasteiger partial charge in [-0.2, -0.15) is 0 Å². The third-order valence-electron chi connectivity index (χ3n) is 8.79. The van der Waals surface area contributed by atoms with E-state index in [-0.39, 0.29) is 0 Å². The Morgan fingerprint density at radius 2 is 1.81 bits per heavy atom. The zero-order chi connectivity index (χ0) is 18.4. The minimum atomic E-state index is 0.804. The molecule has 3 aliphatic carbocycles. The molecule has 3 nitrogen and oxygen atoms in total. The summed E-state index contributed by atoms with van der Waals surface area (Å²) in [5, 5.41) is 0. The standard InChI is InChI=1S/C24H38N2O/c1-17-16-23-22-7-6-19-4-3-5-20(19)21(22)8-9-24(23)26(18(17)2)11-10-25-12-14-27-15-13-25/h9,19-23H,3-8,10-16H2,1-2H3. The van der Waals surface area contributed by atoms with Gasteiger partial charge < -0.3 is 9.64 Å². The molecular formula is C24H38N2O. The molecule has 27 heavy (non-hydrogen) atoms. The molecule has 2 aliphatic heterocycles. The van der Waals surface area contributed by atoms with Gasteiger partial charge in [-0.3, -0.25) is 4.90 Å². The Morgan fingerprint density at radius 3 is 2.67 bits per heavy atom. The summed E-state index contributed by atoms with van der Waals surface area (Å²) in [7, 11) is 0. The molecule has 0 amide bonds. The maximum absolute atomic E-state index is 5.53. The summed E-state index contributed by atoms with van der Waals surface area (Å²) >= 11 is 0. The van der Waals surface area contributed by atoms with E-state index < -0.39 is 0 Å². The van der Waals surface area contributed by atoms with Gasteiger partial charge in [0.25, 0.3) is 0 Å². The molecule has 0 aromatic carbocycles. The van der Waals surface area contributed by atoms with Crippen LogP contribution in [0.4, 0.5) is 0 Å². The van der Waals surface area contributed by atoms with Gasteiger partial charge in [0.2, 0.25) is 0 Å². The number of morpholine rings is 1. The maximum atomic E-state index is 5.53. The fourth-order valence-corrected chi connectivity index (χ4v) is 7.23. The van der Waals surface area contributed by atoms with Crippen molar-refractivity contribution in [3.05, 3.63) is 23.0 Å². The van der Waals surface area contributed by atoms with Gasteiger partial charge >= 0.3 is 0 Å². The van der Waals surface area contributed by atoms with Crippen molar-refractivity contribution in [2.45, 2.75) is 58.8 Å². The minimum absolute atomic E-state index is 0.804. The van der Waals surface area contributed by atoms with Gasteiger partial charge in [-0.1, -0.05) is 24.5 Å². The molecule has 3 heteroatoms. The average Bonchev–Trinajstić information content (AvgIpc) is 3.18. The van der Waals surface area contributed by atoms with Gasteiger partial charge in [0.15, 0.2) is 0 Å². The van der Waals surface area contributed by atoms with E-state index in [0.29, 0.717) is 0 Å². The first-order valence-corrected chi connectivity index (χ1v) is 11.7. The van der Waals surface area contributed by atoms with Crippen LogP contribution in [-0.4, -0.2) is 49.2 Å². The van der Waals surface area contributed by atoms with Crippen LogP contribution in [0, 0.1) is 29.6 Å². The van der Waals surface area contributed by atoms with E-state index in [4.69, 9.17) is 4.74 Å². The Labute approximate surface area is 165 Å². The van der Waals surface area contributed by atoms with E-state index in [9.17, 15) is 0 Å². The number of ether oxygens (including phenoxy) is 1. The minimum Gasteiger partial charge on any atom is -0.379 e. The molecule has 5 aliphatic rings. The van der Waals surface area contributed by atoms with Crippen molar-refractivity contribution in [3.63, 3.8) is 0 Å². The summed E-state index contributed by atoms with van der Waals surface area (Å²) in [4.78, 5) is 5.31. The van der Waals surface area contributed by atoms with Crippen LogP contribution in [0.15, 0.2) is 23.0 Å². The monoisotopic (exact) mass is 370 g/mol. The second-order valence-corrected chi connectivity index (χ2v) is 9.91. The second kappa shape index (κ2) is 7.55. The first-order chi connectivity index (χ1) is 13.2. The van der Waals surface area contributed by atoms with Crippen LogP contribution in [0.25, 0.3) is 0 Å². The predicted octanol–water partition coefficient (Wildman–Crippen LogP) is 4.66. The van der Waals surface area contributed by atoms with Gasteiger partial charge in [0, 0.05) is 43.5 Å². The lowest BCUT2D eigenvalue weighted by Gasteiger charge is -2.51. The molecule has 5 unspecified atom stereocenters. The fourth-order valence-electron chi connectivity index (χ4n) is 7.23. The molecular weight excluding hydrogens is 332 g/mol. The van der Waals surface area contributed by atoms with E-state index in [2.05, 4.69) is 29.7 Å². The Bertz CT molecular complexity index is 618. The predicted molar refractivity (Wildman–Crippen MR) is 110 cm³/mol. The quantitative estimate of drug-likeness (QED) is 0.718. The van der Waals surface area contributed by atoms with Gasteiger partial charge in [-0.05, 0) is 69.6 Å². The molecule has 0 spiro atoms. The highest BCUT2D eigenvalue weighted by Gasteiger charge is 2.47. The highest BCUT2D eigenvalue weighted by atomic mass is 16.5. The Morgan fingerprint density at radius 1 is 0.963 bits per heavy atom. The van der Waals surface area contributed by atoms with Crippen molar-refractivity contribution >= 4 is 0 Å². The van der Waals surface area contributed by atoms with Gasteiger partial charge in [0.1, 0.15) is 0 Å². The van der Waals surface area contributed by atoms with Crippen LogP contribution in [-0.2, 0) is 4.74 Å². The summed E-state index contributed by atoms with van der Waals surface area (Å²) in [5.74, 6) is 4.88. The van der Waals surface area contributed by atoms with Crippen molar-refractivity contribution in [2.75, 3.05) is 39.4 Å². The summed E-state index contributed by atoms with van der Waals surface area (Å²) in [5.41, 5.74) is 4.89. The van der Waals surface area contributed by atoms with Crippen LogP contribution in [0.2, 0.25) is 0 Å². The second-order valence-electron chi connectivity index (χ2n) is 9.91. The molecule has 2 heterocycles. The number of hydrogen-bond donors (Lipinski definition) is 0. The van der Waals surface area contributed by atoms with Crippen molar-refractivity contribution in [2.24, 2.45) is 29.6 Å². The number of rotatable bonds is 3. The van der Waals surface area contributed by atoms with E-state index in [1.165, 1.54) is 51.5 Å². The maximum Gasteiger partial charge on any atom is 0.0594 e. The van der Waals surface area contributed by atoms with Crippen LogP contribution in [0.3, 0.4) is 0 Å². The third-order valence-corrected chi connectivity index (χ3v) is 8.79. The SMILES string of the molecule is CC1=C(C)N(CCN2CCOCC2)C2=CCC3C4CCCC4CCC3C2C1. The molecule has 0 N–H and O–H groups in total. The van der Waals surface area contributed by atoms with Crippen LogP contribution < -0.4 is 0 Å². The molecule has 0 radical (unpaired) electrons. The molecule has 150 valence electrons. The van der Waals surface area contributed by atoms with Crippen molar-refractivity contribution in [1.29, 1.82) is 0 Å². The zero-order valence-corrected chi connectivity index (χ0v) is 17.5. The topological polar surface area (TPSA) is 15.7 Å². The Kier molecular flexibility index (Phi) is 5.10. The molecule has 0 aromatic rings. The first kappa shape index (κ1) is 18.2. The lowest BCUT2D eigenvalue weighted by atomic mass is 9.58. The van der Waals surface area contributed by atoms with E-state index in [0.717, 1.165) is 62.4 Å². The van der Waals surface area contributed by atoms with Gasteiger partial charge in [0.05, 0.1) is 13.2 Å². The third kappa shape index (κ3) is 3.29. The number of hydrogen-bond acceptors (Lipinski definition) is 3. The molecule has 5 atom stereocenters. The molecule has 5 rings (SSSR count). The van der Waals surface area contributed by atoms with E-state index >= 15 is 0 Å². The fraction of sp³-hybridized carbons (Fsp3) is 0.833. The van der Waals surface area contributed by atoms with Crippen LogP contribution >= 0.6 is 0 Å². The lowest BCUT2D eigenvalue weighted by molar-refractivity contribution is 0.0319. The van der Waals surface area contributed by atoms with Gasteiger partial charge in [-0.25, -0.2) is 0 Å². The average molecular weight is 371 g/mol. The molecule has 0 aromatic heterocycles. The molecule has 3 fully saturated rings. The van der Waals surface area contributed by atoms with Crippen LogP contribution in [0.5, 0.6) is 0 Å². The number of allylic oxidation sites excluding steroid dienone is 4. The molecule has 0 bridgehead atoms. The highest BCUT2D eigenvalue weighted by molar-refractivity contribution is 5.29. The normalized spacial score (nSPS) is 39.7. The molecule has 1 saturated heterocycles. The van der Waals surface area contributed by atoms with Crippen molar-refractivity contribution < 1.29 is 4.74 Å². The highest BCUT2D eigenvalue weighted by Crippen LogP contribution is 2.56. The van der Waals surface area contributed by atoms with Gasteiger partial charge in [-0.15, -0.1) is 0 Å². The zero-order valence-electron chi connectivity index (χ0n) is 17.5. The van der Waals surface area contributed by atoms with Crippen LogP contribution in [0.1, 0.15) is 58.8 Å². The van der Waals surface area contributed by atoms with Crippen molar-refractivity contribution in [3.8, 4) is 0 Å². The molecule has 2 saturated carbocycles. The first-order valence-electron chi connectivity index (χ1n) is 11.7. The Hall–Kier alpha value is -0.800. The largest absolute Gasteiger partial charge is 0.379 e. The van der Waals surface area contributed by atoms with E-state index in [1.54, 1.807) is 17.0 Å². The Balaban J connectivity index is 1.35. The summed E-state index contributed by atoms with van der Waals surface area (Å²) in [6.07, 6.45) is 12.9. The number of nitrogens with zero attached hydrogens (tertiary/aromatic N) is 2. The summed E-state index contributed by atoms with van der Waals surface area (Å²) in [6.45, 7) is 11.1. The van der Waals surface area contributed by atoms with Crippen molar-refractivity contribution in [1.82, 2.24) is 9.80 Å². The lowest BCUT2D eigenvalue weighted by Crippen LogP contribution is -2.46. The smallest absolute Gasteiger partial charge is 0.0594 e.